The zero-order valence-corrected chi connectivity index (χ0v) is 16.6. The zero-order chi connectivity index (χ0) is 18.8. The maximum Gasteiger partial charge on any atom is 0.337 e. The van der Waals surface area contributed by atoms with Gasteiger partial charge in [0.2, 0.25) is 0 Å². The number of nitrogens with zero attached hydrogens (tertiary/aromatic N) is 1. The first-order chi connectivity index (χ1) is 11.6. The highest BCUT2D eigenvalue weighted by atomic mass is 79.9. The van der Waals surface area contributed by atoms with Gasteiger partial charge in [-0.15, -0.1) is 0 Å². The molecule has 7 nitrogen and oxygen atoms in total. The SMILES string of the molecule is COC(=O)c1ccc(OC(C)C(=O)N(C)C2CCS(=O)(=O)C2)c(Br)c1. The van der Waals surface area contributed by atoms with Crippen LogP contribution in [0.1, 0.15) is 23.7 Å². The number of amides is 1. The van der Waals surface area contributed by atoms with Crippen molar-refractivity contribution in [3.63, 3.8) is 0 Å². The van der Waals surface area contributed by atoms with Crippen LogP contribution in [0.5, 0.6) is 5.75 Å². The van der Waals surface area contributed by atoms with E-state index in [2.05, 4.69) is 20.7 Å². The van der Waals surface area contributed by atoms with E-state index in [1.165, 1.54) is 18.1 Å². The molecule has 1 aliphatic rings. The van der Waals surface area contributed by atoms with Crippen molar-refractivity contribution in [3.8, 4) is 5.75 Å². The maximum atomic E-state index is 12.5. The van der Waals surface area contributed by atoms with Crippen molar-refractivity contribution in [2.24, 2.45) is 0 Å². The van der Waals surface area contributed by atoms with Crippen LogP contribution in [0.4, 0.5) is 0 Å². The van der Waals surface area contributed by atoms with Gasteiger partial charge in [-0.05, 0) is 47.5 Å². The smallest absolute Gasteiger partial charge is 0.337 e. The summed E-state index contributed by atoms with van der Waals surface area (Å²) in [4.78, 5) is 25.4. The van der Waals surface area contributed by atoms with Gasteiger partial charge < -0.3 is 14.4 Å². The first-order valence-electron chi connectivity index (χ1n) is 7.66. The normalized spacial score (nSPS) is 19.9. The fraction of sp³-hybridized carbons (Fsp3) is 0.500. The number of carbonyl (C=O) groups is 2. The van der Waals surface area contributed by atoms with Crippen LogP contribution >= 0.6 is 15.9 Å². The average molecular weight is 434 g/mol. The Balaban J connectivity index is 2.05. The van der Waals surface area contributed by atoms with Gasteiger partial charge >= 0.3 is 5.97 Å². The molecule has 0 spiro atoms. The molecule has 2 atom stereocenters. The molecule has 1 aliphatic heterocycles. The minimum atomic E-state index is -3.07. The zero-order valence-electron chi connectivity index (χ0n) is 14.2. The second kappa shape index (κ2) is 7.74. The lowest BCUT2D eigenvalue weighted by molar-refractivity contribution is -0.138. The van der Waals surface area contributed by atoms with Gasteiger partial charge in [0, 0.05) is 13.1 Å². The highest BCUT2D eigenvalue weighted by molar-refractivity contribution is 9.10. The summed E-state index contributed by atoms with van der Waals surface area (Å²) in [7, 11) is -0.188. The molecule has 1 heterocycles. The molecule has 1 saturated heterocycles. The summed E-state index contributed by atoms with van der Waals surface area (Å²) in [5.41, 5.74) is 0.356. The van der Waals surface area contributed by atoms with E-state index >= 15 is 0 Å². The fourth-order valence-electron chi connectivity index (χ4n) is 2.63. The minimum absolute atomic E-state index is 0.0144. The van der Waals surface area contributed by atoms with Crippen LogP contribution in [0.15, 0.2) is 22.7 Å². The Morgan fingerprint density at radius 3 is 2.56 bits per heavy atom. The summed E-state index contributed by atoms with van der Waals surface area (Å²) >= 11 is 3.30. The third-order valence-electron chi connectivity index (χ3n) is 4.11. The van der Waals surface area contributed by atoms with Crippen molar-refractivity contribution in [1.82, 2.24) is 4.90 Å². The van der Waals surface area contributed by atoms with Crippen LogP contribution in [0.3, 0.4) is 0 Å². The van der Waals surface area contributed by atoms with Gasteiger partial charge in [0.05, 0.1) is 28.7 Å². The quantitative estimate of drug-likeness (QED) is 0.655. The number of likely N-dealkylation sites (N-methyl/N-ethyl adjacent to an activating group) is 1. The van der Waals surface area contributed by atoms with Crippen molar-refractivity contribution >= 4 is 37.6 Å². The highest BCUT2D eigenvalue weighted by Gasteiger charge is 2.34. The molecule has 1 aromatic rings. The minimum Gasteiger partial charge on any atom is -0.480 e. The first-order valence-corrected chi connectivity index (χ1v) is 10.3. The topological polar surface area (TPSA) is 90.0 Å². The lowest BCUT2D eigenvalue weighted by Gasteiger charge is -2.27. The van der Waals surface area contributed by atoms with E-state index in [0.717, 1.165) is 0 Å². The van der Waals surface area contributed by atoms with E-state index in [4.69, 9.17) is 4.74 Å². The van der Waals surface area contributed by atoms with Gasteiger partial charge in [-0.25, -0.2) is 13.2 Å². The molecule has 2 rings (SSSR count). The molecule has 2 unspecified atom stereocenters. The molecule has 0 saturated carbocycles. The summed E-state index contributed by atoms with van der Waals surface area (Å²) in [6.07, 6.45) is -0.358. The maximum absolute atomic E-state index is 12.5. The first kappa shape index (κ1) is 19.7. The standard InChI is InChI=1S/C16H20BrNO6S/c1-10(15(19)18(2)12-6-7-25(21,22)9-12)24-14-5-4-11(8-13(14)17)16(20)23-3/h4-5,8,10,12H,6-7,9H2,1-3H3. The average Bonchev–Trinajstić information content (AvgIpc) is 2.94. The van der Waals surface area contributed by atoms with Crippen LogP contribution in [-0.4, -0.2) is 63.0 Å². The largest absolute Gasteiger partial charge is 0.480 e. The second-order valence-electron chi connectivity index (χ2n) is 5.90. The Morgan fingerprint density at radius 2 is 2.04 bits per heavy atom. The molecule has 0 aliphatic carbocycles. The van der Waals surface area contributed by atoms with Crippen LogP contribution in [0, 0.1) is 0 Å². The summed E-state index contributed by atoms with van der Waals surface area (Å²) < 4.78 is 34.0. The number of hydrogen-bond donors (Lipinski definition) is 0. The molecular weight excluding hydrogens is 414 g/mol. The number of sulfone groups is 1. The lowest BCUT2D eigenvalue weighted by atomic mass is 10.2. The summed E-state index contributed by atoms with van der Waals surface area (Å²) in [5.74, 6) is -0.282. The molecule has 0 bridgehead atoms. The number of rotatable bonds is 5. The molecule has 138 valence electrons. The van der Waals surface area contributed by atoms with Crippen LogP contribution < -0.4 is 4.74 Å². The Kier molecular flexibility index (Phi) is 6.10. The third-order valence-corrected chi connectivity index (χ3v) is 6.48. The summed E-state index contributed by atoms with van der Waals surface area (Å²) in [6.45, 7) is 1.60. The highest BCUT2D eigenvalue weighted by Crippen LogP contribution is 2.28. The Hall–Kier alpha value is -1.61. The van der Waals surface area contributed by atoms with Crippen LogP contribution in [0.2, 0.25) is 0 Å². The molecule has 1 fully saturated rings. The second-order valence-corrected chi connectivity index (χ2v) is 8.99. The van der Waals surface area contributed by atoms with Gasteiger partial charge in [-0.2, -0.15) is 0 Å². The van der Waals surface area contributed by atoms with Crippen molar-refractivity contribution in [2.45, 2.75) is 25.5 Å². The van der Waals surface area contributed by atoms with Crippen molar-refractivity contribution < 1.29 is 27.5 Å². The molecule has 0 radical (unpaired) electrons. The summed E-state index contributed by atoms with van der Waals surface area (Å²) in [5, 5.41) is 0. The van der Waals surface area contributed by atoms with Crippen LogP contribution in [-0.2, 0) is 19.4 Å². The van der Waals surface area contributed by atoms with E-state index in [1.807, 2.05) is 0 Å². The van der Waals surface area contributed by atoms with Crippen molar-refractivity contribution in [3.05, 3.63) is 28.2 Å². The fourth-order valence-corrected chi connectivity index (χ4v) is 4.88. The van der Waals surface area contributed by atoms with E-state index in [1.54, 1.807) is 26.1 Å². The third kappa shape index (κ3) is 4.72. The molecule has 0 N–H and O–H groups in total. The van der Waals surface area contributed by atoms with E-state index in [0.29, 0.717) is 22.2 Å². The van der Waals surface area contributed by atoms with Gasteiger partial charge in [0.15, 0.2) is 15.9 Å². The molecule has 25 heavy (non-hydrogen) atoms. The Bertz CT molecular complexity index is 779. The number of halogens is 1. The number of benzene rings is 1. The number of methoxy groups -OCH3 is 1. The van der Waals surface area contributed by atoms with Crippen molar-refractivity contribution in [1.29, 1.82) is 0 Å². The number of hydrogen-bond acceptors (Lipinski definition) is 6. The van der Waals surface area contributed by atoms with Gasteiger partial charge in [-0.3, -0.25) is 4.79 Å². The molecule has 0 aromatic heterocycles. The van der Waals surface area contributed by atoms with E-state index in [-0.39, 0.29) is 23.5 Å². The molecule has 1 aromatic carbocycles. The molecular formula is C16H20BrNO6S. The Morgan fingerprint density at radius 1 is 1.36 bits per heavy atom. The Labute approximate surface area is 155 Å². The van der Waals surface area contributed by atoms with Gasteiger partial charge in [0.25, 0.3) is 5.91 Å². The predicted octanol–water partition coefficient (Wildman–Crippen LogP) is 1.65. The van der Waals surface area contributed by atoms with Crippen LogP contribution in [0.25, 0.3) is 0 Å². The van der Waals surface area contributed by atoms with Gasteiger partial charge in [0.1, 0.15) is 5.75 Å². The number of carbonyl (C=O) groups excluding carboxylic acids is 2. The number of ether oxygens (including phenoxy) is 2. The monoisotopic (exact) mass is 433 g/mol. The molecule has 1 amide bonds. The summed E-state index contributed by atoms with van der Waals surface area (Å²) in [6, 6.07) is 4.33. The van der Waals surface area contributed by atoms with Crippen molar-refractivity contribution in [2.75, 3.05) is 25.7 Å². The predicted molar refractivity (Wildman–Crippen MR) is 95.4 cm³/mol. The lowest BCUT2D eigenvalue weighted by Crippen LogP contribution is -2.44. The number of esters is 1. The van der Waals surface area contributed by atoms with E-state index in [9.17, 15) is 18.0 Å². The van der Waals surface area contributed by atoms with E-state index < -0.39 is 21.9 Å². The molecule has 9 heteroatoms. The van der Waals surface area contributed by atoms with Gasteiger partial charge in [-0.1, -0.05) is 0 Å².